The van der Waals surface area contributed by atoms with E-state index in [2.05, 4.69) is 46.9 Å². The third-order valence-electron chi connectivity index (χ3n) is 7.21. The topological polar surface area (TPSA) is 29.1 Å². The van der Waals surface area contributed by atoms with Gasteiger partial charge in [-0.1, -0.05) is 41.5 Å². The molecule has 1 N–H and O–H groups in total. The Kier molecular flexibility index (Phi) is 5.85. The fraction of sp³-hybridized carbons (Fsp3) is 0.952. The number of hydrogen-bond donors (Lipinski definition) is 1. The van der Waals surface area contributed by atoms with Gasteiger partial charge in [-0.2, -0.15) is 0 Å². The van der Waals surface area contributed by atoms with E-state index in [1.54, 1.807) is 0 Å². The van der Waals surface area contributed by atoms with E-state index < -0.39 is 0 Å². The van der Waals surface area contributed by atoms with Crippen molar-refractivity contribution in [2.24, 2.45) is 28.6 Å². The third-order valence-corrected chi connectivity index (χ3v) is 7.21. The van der Waals surface area contributed by atoms with E-state index >= 15 is 0 Å². The second kappa shape index (κ2) is 7.15. The van der Waals surface area contributed by atoms with Gasteiger partial charge in [0, 0.05) is 12.0 Å². The second-order valence-corrected chi connectivity index (χ2v) is 9.80. The monoisotopic (exact) mass is 321 g/mol. The maximum atomic E-state index is 12.6. The lowest BCUT2D eigenvalue weighted by atomic mass is 9.54. The fourth-order valence-corrected chi connectivity index (χ4v) is 5.31. The summed E-state index contributed by atoms with van der Waals surface area (Å²) < 4.78 is 0. The lowest BCUT2D eigenvalue weighted by Gasteiger charge is -2.52. The first kappa shape index (κ1) is 18.8. The SMILES string of the molecule is CC1CCC(C(=O)NC2CCC(C(C)C)(C(C)(C)C)CC2)CC1. The summed E-state index contributed by atoms with van der Waals surface area (Å²) in [5.41, 5.74) is 0.768. The van der Waals surface area contributed by atoms with E-state index in [1.165, 1.54) is 25.7 Å². The van der Waals surface area contributed by atoms with Gasteiger partial charge in [-0.3, -0.25) is 4.79 Å². The van der Waals surface area contributed by atoms with Crippen LogP contribution >= 0.6 is 0 Å². The molecule has 0 aliphatic heterocycles. The first-order valence-corrected chi connectivity index (χ1v) is 9.96. The average Bonchev–Trinajstić information content (AvgIpc) is 2.47. The first-order valence-electron chi connectivity index (χ1n) is 9.96. The third kappa shape index (κ3) is 4.12. The molecule has 2 saturated carbocycles. The lowest BCUT2D eigenvalue weighted by Crippen LogP contribution is -2.48. The van der Waals surface area contributed by atoms with Gasteiger partial charge in [0.1, 0.15) is 0 Å². The summed E-state index contributed by atoms with van der Waals surface area (Å²) in [5, 5.41) is 3.39. The molecule has 2 nitrogen and oxygen atoms in total. The summed E-state index contributed by atoms with van der Waals surface area (Å²) in [6.45, 7) is 14.3. The van der Waals surface area contributed by atoms with Crippen molar-refractivity contribution < 1.29 is 4.79 Å². The molecule has 2 aliphatic rings. The maximum Gasteiger partial charge on any atom is 0.223 e. The van der Waals surface area contributed by atoms with Crippen molar-refractivity contribution in [3.63, 3.8) is 0 Å². The van der Waals surface area contributed by atoms with Crippen LogP contribution in [0.25, 0.3) is 0 Å². The molecule has 2 aliphatic carbocycles. The van der Waals surface area contributed by atoms with Crippen LogP contribution in [0, 0.1) is 28.6 Å². The predicted octanol–water partition coefficient (Wildman–Crippen LogP) is 5.56. The van der Waals surface area contributed by atoms with Gasteiger partial charge in [-0.05, 0) is 74.0 Å². The summed E-state index contributed by atoms with van der Waals surface area (Å²) in [5.74, 6) is 2.14. The Hall–Kier alpha value is -0.530. The summed E-state index contributed by atoms with van der Waals surface area (Å²) >= 11 is 0. The minimum absolute atomic E-state index is 0.283. The van der Waals surface area contributed by atoms with Crippen molar-refractivity contribution in [2.75, 3.05) is 0 Å². The fourth-order valence-electron chi connectivity index (χ4n) is 5.31. The number of carbonyl (C=O) groups is 1. The minimum atomic E-state index is 0.283. The molecule has 1 amide bonds. The van der Waals surface area contributed by atoms with Gasteiger partial charge < -0.3 is 5.32 Å². The predicted molar refractivity (Wildman–Crippen MR) is 98.2 cm³/mol. The lowest BCUT2D eigenvalue weighted by molar-refractivity contribution is -0.127. The van der Waals surface area contributed by atoms with Crippen molar-refractivity contribution >= 4 is 5.91 Å². The van der Waals surface area contributed by atoms with E-state index in [0.29, 0.717) is 28.7 Å². The summed E-state index contributed by atoms with van der Waals surface area (Å²) in [7, 11) is 0. The van der Waals surface area contributed by atoms with Crippen LogP contribution in [-0.4, -0.2) is 11.9 Å². The van der Waals surface area contributed by atoms with Crippen LogP contribution in [0.1, 0.15) is 92.9 Å². The van der Waals surface area contributed by atoms with Gasteiger partial charge in [0.15, 0.2) is 0 Å². The molecular formula is C21H39NO. The normalized spacial score (nSPS) is 36.0. The largest absolute Gasteiger partial charge is 0.353 e. The van der Waals surface area contributed by atoms with Gasteiger partial charge in [0.2, 0.25) is 5.91 Å². The Morgan fingerprint density at radius 3 is 1.96 bits per heavy atom. The number of rotatable bonds is 3. The first-order chi connectivity index (χ1) is 10.7. The number of hydrogen-bond acceptors (Lipinski definition) is 1. The summed E-state index contributed by atoms with van der Waals surface area (Å²) in [4.78, 5) is 12.6. The molecule has 0 spiro atoms. The molecule has 0 heterocycles. The molecular weight excluding hydrogens is 282 g/mol. The molecule has 0 aromatic carbocycles. The van der Waals surface area contributed by atoms with Crippen molar-refractivity contribution in [1.29, 1.82) is 0 Å². The quantitative estimate of drug-likeness (QED) is 0.724. The molecule has 0 saturated heterocycles. The Morgan fingerprint density at radius 1 is 1.00 bits per heavy atom. The zero-order valence-corrected chi connectivity index (χ0v) is 16.4. The number of nitrogens with one attached hydrogen (secondary N) is 1. The van der Waals surface area contributed by atoms with E-state index in [4.69, 9.17) is 0 Å². The molecule has 0 bridgehead atoms. The molecule has 23 heavy (non-hydrogen) atoms. The van der Waals surface area contributed by atoms with Crippen LogP contribution in [0.2, 0.25) is 0 Å². The van der Waals surface area contributed by atoms with E-state index in [0.717, 1.165) is 31.6 Å². The number of amides is 1. The smallest absolute Gasteiger partial charge is 0.223 e. The second-order valence-electron chi connectivity index (χ2n) is 9.80. The molecule has 0 aromatic rings. The summed E-state index contributed by atoms with van der Waals surface area (Å²) in [6.07, 6.45) is 9.46. The average molecular weight is 322 g/mol. The zero-order chi connectivity index (χ0) is 17.3. The van der Waals surface area contributed by atoms with E-state index in [9.17, 15) is 4.79 Å². The van der Waals surface area contributed by atoms with Crippen LogP contribution in [0.3, 0.4) is 0 Å². The van der Waals surface area contributed by atoms with Crippen LogP contribution < -0.4 is 5.32 Å². The van der Waals surface area contributed by atoms with Crippen molar-refractivity contribution in [2.45, 2.75) is 99.0 Å². The van der Waals surface area contributed by atoms with Gasteiger partial charge in [-0.15, -0.1) is 0 Å². The van der Waals surface area contributed by atoms with Gasteiger partial charge in [0.25, 0.3) is 0 Å². The highest BCUT2D eigenvalue weighted by Gasteiger charge is 2.46. The van der Waals surface area contributed by atoms with Crippen LogP contribution in [-0.2, 0) is 4.79 Å². The Bertz CT molecular complexity index is 391. The maximum absolute atomic E-state index is 12.6. The van der Waals surface area contributed by atoms with Crippen LogP contribution in [0.5, 0.6) is 0 Å². The van der Waals surface area contributed by atoms with Crippen LogP contribution in [0.15, 0.2) is 0 Å². The Labute approximate surface area is 144 Å². The highest BCUT2D eigenvalue weighted by molar-refractivity contribution is 5.79. The number of carbonyl (C=O) groups excluding carboxylic acids is 1. The van der Waals surface area contributed by atoms with Gasteiger partial charge >= 0.3 is 0 Å². The molecule has 0 atom stereocenters. The van der Waals surface area contributed by atoms with Crippen molar-refractivity contribution in [3.8, 4) is 0 Å². The Balaban J connectivity index is 1.88. The van der Waals surface area contributed by atoms with Crippen molar-refractivity contribution in [1.82, 2.24) is 5.32 Å². The summed E-state index contributed by atoms with van der Waals surface area (Å²) in [6, 6.07) is 0.413. The van der Waals surface area contributed by atoms with E-state index in [-0.39, 0.29) is 5.92 Å². The highest BCUT2D eigenvalue weighted by atomic mass is 16.1. The van der Waals surface area contributed by atoms with Gasteiger partial charge in [0.05, 0.1) is 0 Å². The molecule has 134 valence electrons. The van der Waals surface area contributed by atoms with Gasteiger partial charge in [-0.25, -0.2) is 0 Å². The molecule has 0 unspecified atom stereocenters. The molecule has 0 radical (unpaired) electrons. The van der Waals surface area contributed by atoms with E-state index in [1.807, 2.05) is 0 Å². The molecule has 2 rings (SSSR count). The van der Waals surface area contributed by atoms with Crippen LogP contribution in [0.4, 0.5) is 0 Å². The zero-order valence-electron chi connectivity index (χ0n) is 16.4. The highest BCUT2D eigenvalue weighted by Crippen LogP contribution is 2.54. The molecule has 2 heteroatoms. The van der Waals surface area contributed by atoms with Crippen molar-refractivity contribution in [3.05, 3.63) is 0 Å². The Morgan fingerprint density at radius 2 is 1.52 bits per heavy atom. The molecule has 2 fully saturated rings. The minimum Gasteiger partial charge on any atom is -0.353 e. The standard InChI is InChI=1S/C21H39NO/c1-15(2)21(20(4,5)6)13-11-18(12-14-21)22-19(23)17-9-7-16(3)8-10-17/h15-18H,7-14H2,1-6H3,(H,22,23). The molecule has 0 aromatic heterocycles.